The second-order valence-electron chi connectivity index (χ2n) is 5.68. The van der Waals surface area contributed by atoms with Crippen LogP contribution in [0.3, 0.4) is 0 Å². The van der Waals surface area contributed by atoms with E-state index in [1.165, 1.54) is 25.7 Å². The number of carbonyl (C=O) groups excluding carboxylic acids is 1. The van der Waals surface area contributed by atoms with Crippen molar-refractivity contribution in [2.45, 2.75) is 39.0 Å². The summed E-state index contributed by atoms with van der Waals surface area (Å²) < 4.78 is 0. The van der Waals surface area contributed by atoms with E-state index < -0.39 is 0 Å². The van der Waals surface area contributed by atoms with Gasteiger partial charge in [-0.05, 0) is 37.0 Å². The van der Waals surface area contributed by atoms with Crippen molar-refractivity contribution in [2.24, 2.45) is 5.92 Å². The first kappa shape index (κ1) is 15.6. The average Bonchev–Trinajstić information content (AvgIpc) is 2.99. The van der Waals surface area contributed by atoms with Crippen LogP contribution in [-0.4, -0.2) is 24.2 Å². The molecule has 0 heterocycles. The highest BCUT2D eigenvalue weighted by Gasteiger charge is 2.15. The van der Waals surface area contributed by atoms with Gasteiger partial charge in [0.15, 0.2) is 0 Å². The number of hydrogen-bond acceptors (Lipinski definition) is 2. The number of benzene rings is 1. The standard InChI is InChI=1S/C18H23NO2/c1-14-8-9-16(7-4-12-20)13-17(14)18(21)19-11-10-15-5-2-3-6-15/h8-9,13,15,20H,2-3,5-6,10-12H2,1H3,(H,19,21). The summed E-state index contributed by atoms with van der Waals surface area (Å²) in [6.07, 6.45) is 6.36. The Hall–Kier alpha value is -1.79. The quantitative estimate of drug-likeness (QED) is 0.836. The molecule has 0 spiro atoms. The summed E-state index contributed by atoms with van der Waals surface area (Å²) in [5, 5.41) is 11.7. The van der Waals surface area contributed by atoms with E-state index in [9.17, 15) is 4.79 Å². The molecule has 1 amide bonds. The number of carbonyl (C=O) groups is 1. The van der Waals surface area contributed by atoms with Crippen LogP contribution in [0.15, 0.2) is 18.2 Å². The van der Waals surface area contributed by atoms with E-state index in [1.54, 1.807) is 6.07 Å². The second kappa shape index (κ2) is 7.85. The SMILES string of the molecule is Cc1ccc(C#CCO)cc1C(=O)NCCC1CCCC1. The third-order valence-electron chi connectivity index (χ3n) is 4.11. The zero-order valence-electron chi connectivity index (χ0n) is 12.6. The van der Waals surface area contributed by atoms with Crippen LogP contribution in [-0.2, 0) is 0 Å². The number of rotatable bonds is 4. The van der Waals surface area contributed by atoms with Crippen LogP contribution in [0.4, 0.5) is 0 Å². The van der Waals surface area contributed by atoms with Crippen molar-refractivity contribution < 1.29 is 9.90 Å². The molecule has 0 radical (unpaired) electrons. The maximum Gasteiger partial charge on any atom is 0.251 e. The highest BCUT2D eigenvalue weighted by atomic mass is 16.2. The molecule has 1 saturated carbocycles. The van der Waals surface area contributed by atoms with Crippen molar-refractivity contribution >= 4 is 5.91 Å². The number of hydrogen-bond donors (Lipinski definition) is 2. The van der Waals surface area contributed by atoms with Gasteiger partial charge in [0.1, 0.15) is 6.61 Å². The van der Waals surface area contributed by atoms with Crippen LogP contribution in [0.1, 0.15) is 53.6 Å². The van der Waals surface area contributed by atoms with Gasteiger partial charge in [0.25, 0.3) is 5.91 Å². The van der Waals surface area contributed by atoms with Gasteiger partial charge < -0.3 is 10.4 Å². The minimum Gasteiger partial charge on any atom is -0.384 e. The van der Waals surface area contributed by atoms with Crippen molar-refractivity contribution in [1.29, 1.82) is 0 Å². The van der Waals surface area contributed by atoms with Gasteiger partial charge in [0.05, 0.1) is 0 Å². The summed E-state index contributed by atoms with van der Waals surface area (Å²) >= 11 is 0. The fraction of sp³-hybridized carbons (Fsp3) is 0.500. The molecule has 0 unspecified atom stereocenters. The number of aryl methyl sites for hydroxylation is 1. The van der Waals surface area contributed by atoms with Crippen molar-refractivity contribution in [3.63, 3.8) is 0 Å². The minimum absolute atomic E-state index is 0.0295. The van der Waals surface area contributed by atoms with E-state index in [0.717, 1.165) is 30.0 Å². The fourth-order valence-corrected chi connectivity index (χ4v) is 2.87. The van der Waals surface area contributed by atoms with E-state index in [4.69, 9.17) is 5.11 Å². The van der Waals surface area contributed by atoms with Crippen molar-refractivity contribution in [3.05, 3.63) is 34.9 Å². The summed E-state index contributed by atoms with van der Waals surface area (Å²) in [6, 6.07) is 5.56. The summed E-state index contributed by atoms with van der Waals surface area (Å²) in [7, 11) is 0. The molecule has 3 nitrogen and oxygen atoms in total. The molecular formula is C18H23NO2. The maximum absolute atomic E-state index is 12.3. The van der Waals surface area contributed by atoms with Gasteiger partial charge in [-0.1, -0.05) is 43.6 Å². The Morgan fingerprint density at radius 1 is 1.38 bits per heavy atom. The van der Waals surface area contributed by atoms with E-state index in [1.807, 2.05) is 19.1 Å². The van der Waals surface area contributed by atoms with E-state index in [0.29, 0.717) is 5.56 Å². The monoisotopic (exact) mass is 285 g/mol. The molecule has 0 aliphatic heterocycles. The van der Waals surface area contributed by atoms with Crippen molar-refractivity contribution in [1.82, 2.24) is 5.32 Å². The average molecular weight is 285 g/mol. The smallest absolute Gasteiger partial charge is 0.251 e. The van der Waals surface area contributed by atoms with Gasteiger partial charge in [-0.2, -0.15) is 0 Å². The molecule has 0 saturated heterocycles. The third-order valence-corrected chi connectivity index (χ3v) is 4.11. The lowest BCUT2D eigenvalue weighted by molar-refractivity contribution is 0.0951. The molecule has 2 rings (SSSR count). The molecular weight excluding hydrogens is 262 g/mol. The Labute approximate surface area is 126 Å². The van der Waals surface area contributed by atoms with Crippen LogP contribution >= 0.6 is 0 Å². The second-order valence-corrected chi connectivity index (χ2v) is 5.68. The maximum atomic E-state index is 12.3. The lowest BCUT2D eigenvalue weighted by atomic mass is 10.0. The van der Waals surface area contributed by atoms with Gasteiger partial charge in [0.2, 0.25) is 0 Å². The summed E-state index contributed by atoms with van der Waals surface area (Å²) in [4.78, 5) is 12.3. The molecule has 1 aliphatic carbocycles. The molecule has 0 aromatic heterocycles. The first-order chi connectivity index (χ1) is 10.2. The van der Waals surface area contributed by atoms with E-state index in [-0.39, 0.29) is 12.5 Å². The minimum atomic E-state index is -0.170. The molecule has 3 heteroatoms. The Bertz CT molecular complexity index is 548. The highest BCUT2D eigenvalue weighted by Crippen LogP contribution is 2.26. The molecule has 0 atom stereocenters. The predicted molar refractivity (Wildman–Crippen MR) is 84.1 cm³/mol. The fourth-order valence-electron chi connectivity index (χ4n) is 2.87. The zero-order chi connectivity index (χ0) is 15.1. The first-order valence-corrected chi connectivity index (χ1v) is 7.69. The Balaban J connectivity index is 1.94. The lowest BCUT2D eigenvalue weighted by Crippen LogP contribution is -2.26. The Kier molecular flexibility index (Phi) is 5.83. The van der Waals surface area contributed by atoms with Crippen molar-refractivity contribution in [3.8, 4) is 11.8 Å². The molecule has 0 bridgehead atoms. The van der Waals surface area contributed by atoms with Crippen LogP contribution in [0.25, 0.3) is 0 Å². The number of amides is 1. The Morgan fingerprint density at radius 2 is 2.14 bits per heavy atom. The van der Waals surface area contributed by atoms with Gasteiger partial charge in [-0.3, -0.25) is 4.79 Å². The largest absolute Gasteiger partial charge is 0.384 e. The van der Waals surface area contributed by atoms with Gasteiger partial charge in [-0.25, -0.2) is 0 Å². The van der Waals surface area contributed by atoms with Crippen LogP contribution in [0.2, 0.25) is 0 Å². The number of aliphatic hydroxyl groups is 1. The summed E-state index contributed by atoms with van der Waals surface area (Å²) in [5.41, 5.74) is 2.38. The molecule has 1 aromatic rings. The molecule has 112 valence electrons. The van der Waals surface area contributed by atoms with Gasteiger partial charge in [-0.15, -0.1) is 0 Å². The first-order valence-electron chi connectivity index (χ1n) is 7.69. The lowest BCUT2D eigenvalue weighted by Gasteiger charge is -2.11. The third kappa shape index (κ3) is 4.61. The highest BCUT2D eigenvalue weighted by molar-refractivity contribution is 5.96. The van der Waals surface area contributed by atoms with E-state index >= 15 is 0 Å². The molecule has 1 fully saturated rings. The molecule has 1 aromatic carbocycles. The summed E-state index contributed by atoms with van der Waals surface area (Å²) in [5.74, 6) is 6.20. The number of nitrogens with one attached hydrogen (secondary N) is 1. The van der Waals surface area contributed by atoms with Gasteiger partial charge in [0, 0.05) is 17.7 Å². The zero-order valence-corrected chi connectivity index (χ0v) is 12.6. The molecule has 1 aliphatic rings. The van der Waals surface area contributed by atoms with Crippen LogP contribution < -0.4 is 5.32 Å². The van der Waals surface area contributed by atoms with Crippen LogP contribution in [0, 0.1) is 24.7 Å². The van der Waals surface area contributed by atoms with Gasteiger partial charge >= 0.3 is 0 Å². The predicted octanol–water partition coefficient (Wildman–Crippen LogP) is 2.65. The summed E-state index contributed by atoms with van der Waals surface area (Å²) in [6.45, 7) is 2.50. The number of aliphatic hydroxyl groups excluding tert-OH is 1. The van der Waals surface area contributed by atoms with Crippen molar-refractivity contribution in [2.75, 3.05) is 13.2 Å². The molecule has 2 N–H and O–H groups in total. The normalized spacial score (nSPS) is 14.6. The van der Waals surface area contributed by atoms with E-state index in [2.05, 4.69) is 17.2 Å². The van der Waals surface area contributed by atoms with Crippen LogP contribution in [0.5, 0.6) is 0 Å². The Morgan fingerprint density at radius 3 is 2.86 bits per heavy atom. The topological polar surface area (TPSA) is 49.3 Å². The molecule has 21 heavy (non-hydrogen) atoms.